The molecule has 2 nitrogen and oxygen atoms in total. The second kappa shape index (κ2) is 8.99. The third-order valence-corrected chi connectivity index (χ3v) is 3.30. The number of hydrogen-bond donors (Lipinski definition) is 1. The maximum atomic E-state index is 13.0. The summed E-state index contributed by atoms with van der Waals surface area (Å²) in [5.41, 5.74) is 0.829. The zero-order valence-electron chi connectivity index (χ0n) is 11.9. The van der Waals surface area contributed by atoms with Crippen molar-refractivity contribution in [3.8, 4) is 0 Å². The van der Waals surface area contributed by atoms with Gasteiger partial charge in [0.25, 0.3) is 0 Å². The molecule has 108 valence electrons. The minimum atomic E-state index is -0.782. The van der Waals surface area contributed by atoms with Crippen molar-refractivity contribution < 1.29 is 8.78 Å². The molecule has 0 atom stereocenters. The molecule has 0 heterocycles. The standard InChI is InChI=1S/C15H24F2N2/c1-3-19(4-2)11-5-9-18-10-8-13-6-7-14(16)15(17)12-13/h6-7,12,18H,3-5,8-11H2,1-2H3. The van der Waals surface area contributed by atoms with E-state index < -0.39 is 11.6 Å². The van der Waals surface area contributed by atoms with Crippen LogP contribution >= 0.6 is 0 Å². The van der Waals surface area contributed by atoms with Crippen LogP contribution in [-0.4, -0.2) is 37.6 Å². The fraction of sp³-hybridized carbons (Fsp3) is 0.600. The number of rotatable bonds is 9. The summed E-state index contributed by atoms with van der Waals surface area (Å²) in [6, 6.07) is 4.09. The van der Waals surface area contributed by atoms with Gasteiger partial charge in [-0.15, -0.1) is 0 Å². The lowest BCUT2D eigenvalue weighted by Gasteiger charge is -2.17. The highest BCUT2D eigenvalue weighted by atomic mass is 19.2. The summed E-state index contributed by atoms with van der Waals surface area (Å²) in [6.45, 7) is 9.37. The Hall–Kier alpha value is -1.00. The summed E-state index contributed by atoms with van der Waals surface area (Å²) in [5.74, 6) is -1.55. The van der Waals surface area contributed by atoms with E-state index in [0.717, 1.165) is 51.1 Å². The lowest BCUT2D eigenvalue weighted by molar-refractivity contribution is 0.298. The van der Waals surface area contributed by atoms with E-state index in [1.165, 1.54) is 12.1 Å². The third-order valence-electron chi connectivity index (χ3n) is 3.30. The molecule has 0 amide bonds. The minimum Gasteiger partial charge on any atom is -0.316 e. The van der Waals surface area contributed by atoms with Crippen LogP contribution in [0.4, 0.5) is 8.78 Å². The maximum absolute atomic E-state index is 13.0. The van der Waals surface area contributed by atoms with E-state index in [1.807, 2.05) is 0 Å². The second-order valence-electron chi connectivity index (χ2n) is 4.63. The first kappa shape index (κ1) is 16.1. The van der Waals surface area contributed by atoms with Gasteiger partial charge in [-0.2, -0.15) is 0 Å². The smallest absolute Gasteiger partial charge is 0.159 e. The molecule has 1 rings (SSSR count). The quantitative estimate of drug-likeness (QED) is 0.694. The molecule has 1 aromatic rings. The molecule has 0 aliphatic heterocycles. The topological polar surface area (TPSA) is 15.3 Å². The highest BCUT2D eigenvalue weighted by molar-refractivity contribution is 5.17. The molecule has 0 aliphatic carbocycles. The van der Waals surface area contributed by atoms with Crippen molar-refractivity contribution in [1.29, 1.82) is 0 Å². The SMILES string of the molecule is CCN(CC)CCCNCCc1ccc(F)c(F)c1. The number of nitrogens with zero attached hydrogens (tertiary/aromatic N) is 1. The first-order chi connectivity index (χ1) is 9.17. The van der Waals surface area contributed by atoms with Gasteiger partial charge in [-0.3, -0.25) is 0 Å². The molecule has 0 radical (unpaired) electrons. The van der Waals surface area contributed by atoms with Gasteiger partial charge in [-0.25, -0.2) is 8.78 Å². The predicted molar refractivity (Wildman–Crippen MR) is 75.3 cm³/mol. The average Bonchev–Trinajstić information content (AvgIpc) is 2.42. The molecule has 0 saturated heterocycles. The first-order valence-electron chi connectivity index (χ1n) is 7.04. The van der Waals surface area contributed by atoms with Gasteiger partial charge in [-0.1, -0.05) is 19.9 Å². The monoisotopic (exact) mass is 270 g/mol. The molecule has 0 fully saturated rings. The Balaban J connectivity index is 2.12. The zero-order valence-corrected chi connectivity index (χ0v) is 11.9. The predicted octanol–water partition coefficient (Wildman–Crippen LogP) is 2.83. The van der Waals surface area contributed by atoms with Gasteiger partial charge in [0.15, 0.2) is 11.6 Å². The Bertz CT molecular complexity index is 365. The molecule has 0 aromatic heterocycles. The van der Waals surface area contributed by atoms with Crippen molar-refractivity contribution in [1.82, 2.24) is 10.2 Å². The van der Waals surface area contributed by atoms with Gasteiger partial charge < -0.3 is 10.2 Å². The molecule has 0 spiro atoms. The summed E-state index contributed by atoms with van der Waals surface area (Å²) in [4.78, 5) is 2.39. The van der Waals surface area contributed by atoms with Crippen molar-refractivity contribution in [3.63, 3.8) is 0 Å². The normalized spacial score (nSPS) is 11.2. The molecular formula is C15H24F2N2. The maximum Gasteiger partial charge on any atom is 0.159 e. The third kappa shape index (κ3) is 6.12. The van der Waals surface area contributed by atoms with Crippen molar-refractivity contribution in [3.05, 3.63) is 35.4 Å². The van der Waals surface area contributed by atoms with E-state index >= 15 is 0 Å². The van der Waals surface area contributed by atoms with Gasteiger partial charge in [0.2, 0.25) is 0 Å². The summed E-state index contributed by atoms with van der Waals surface area (Å²) in [7, 11) is 0. The number of halogens is 2. The van der Waals surface area contributed by atoms with Gasteiger partial charge in [0.05, 0.1) is 0 Å². The highest BCUT2D eigenvalue weighted by Crippen LogP contribution is 2.08. The minimum absolute atomic E-state index is 0.725. The molecule has 0 unspecified atom stereocenters. The van der Waals surface area contributed by atoms with Gasteiger partial charge in [0.1, 0.15) is 0 Å². The number of hydrogen-bond acceptors (Lipinski definition) is 2. The Kier molecular flexibility index (Phi) is 7.60. The Morgan fingerprint density at radius 1 is 1.05 bits per heavy atom. The fourth-order valence-corrected chi connectivity index (χ4v) is 2.02. The molecule has 0 bridgehead atoms. The van der Waals surface area contributed by atoms with Crippen LogP contribution in [-0.2, 0) is 6.42 Å². The van der Waals surface area contributed by atoms with E-state index in [9.17, 15) is 8.78 Å². The summed E-state index contributed by atoms with van der Waals surface area (Å²) in [6.07, 6.45) is 1.84. The Labute approximate surface area is 114 Å². The van der Waals surface area contributed by atoms with Crippen molar-refractivity contribution in [2.75, 3.05) is 32.7 Å². The number of benzene rings is 1. The van der Waals surface area contributed by atoms with Crippen LogP contribution < -0.4 is 5.32 Å². The summed E-state index contributed by atoms with van der Waals surface area (Å²) < 4.78 is 25.7. The second-order valence-corrected chi connectivity index (χ2v) is 4.63. The van der Waals surface area contributed by atoms with Crippen molar-refractivity contribution in [2.24, 2.45) is 0 Å². The van der Waals surface area contributed by atoms with Crippen LogP contribution in [0.3, 0.4) is 0 Å². The summed E-state index contributed by atoms with van der Waals surface area (Å²) in [5, 5.41) is 3.33. The molecule has 19 heavy (non-hydrogen) atoms. The summed E-state index contributed by atoms with van der Waals surface area (Å²) >= 11 is 0. The van der Waals surface area contributed by atoms with Crippen molar-refractivity contribution in [2.45, 2.75) is 26.7 Å². The van der Waals surface area contributed by atoms with E-state index in [0.29, 0.717) is 0 Å². The lowest BCUT2D eigenvalue weighted by Crippen LogP contribution is -2.27. The average molecular weight is 270 g/mol. The zero-order chi connectivity index (χ0) is 14.1. The van der Waals surface area contributed by atoms with Gasteiger partial charge in [-0.05, 0) is 63.3 Å². The molecule has 0 saturated carbocycles. The van der Waals surface area contributed by atoms with E-state index in [-0.39, 0.29) is 0 Å². The van der Waals surface area contributed by atoms with Crippen LogP contribution in [0, 0.1) is 11.6 Å². The van der Waals surface area contributed by atoms with Crippen molar-refractivity contribution >= 4 is 0 Å². The lowest BCUT2D eigenvalue weighted by atomic mass is 10.1. The van der Waals surface area contributed by atoms with Crippen LogP contribution in [0.1, 0.15) is 25.8 Å². The van der Waals surface area contributed by atoms with Crippen LogP contribution in [0.25, 0.3) is 0 Å². The van der Waals surface area contributed by atoms with Crippen LogP contribution in [0.15, 0.2) is 18.2 Å². The molecule has 0 aliphatic rings. The van der Waals surface area contributed by atoms with Gasteiger partial charge >= 0.3 is 0 Å². The first-order valence-corrected chi connectivity index (χ1v) is 7.04. The Morgan fingerprint density at radius 2 is 1.79 bits per heavy atom. The van der Waals surface area contributed by atoms with Crippen LogP contribution in [0.5, 0.6) is 0 Å². The fourth-order valence-electron chi connectivity index (χ4n) is 2.02. The largest absolute Gasteiger partial charge is 0.316 e. The molecular weight excluding hydrogens is 246 g/mol. The molecule has 4 heteroatoms. The van der Waals surface area contributed by atoms with E-state index in [1.54, 1.807) is 6.07 Å². The van der Waals surface area contributed by atoms with Gasteiger partial charge in [0, 0.05) is 0 Å². The van der Waals surface area contributed by atoms with Crippen LogP contribution in [0.2, 0.25) is 0 Å². The van der Waals surface area contributed by atoms with E-state index in [2.05, 4.69) is 24.1 Å². The molecule has 1 N–H and O–H groups in total. The highest BCUT2D eigenvalue weighted by Gasteiger charge is 2.02. The number of nitrogens with one attached hydrogen (secondary N) is 1. The van der Waals surface area contributed by atoms with E-state index in [4.69, 9.17) is 0 Å². The Morgan fingerprint density at radius 3 is 2.42 bits per heavy atom. The molecule has 1 aromatic carbocycles.